The van der Waals surface area contributed by atoms with E-state index >= 15 is 0 Å². The van der Waals surface area contributed by atoms with Crippen LogP contribution in [0.4, 0.5) is 0 Å². The van der Waals surface area contributed by atoms with Gasteiger partial charge in [0.1, 0.15) is 5.65 Å². The summed E-state index contributed by atoms with van der Waals surface area (Å²) in [5, 5.41) is 0.244. The summed E-state index contributed by atoms with van der Waals surface area (Å²) in [4.78, 5) is 4.47. The normalized spacial score (nSPS) is 13.0. The minimum Gasteiger partial charge on any atom is -0.289 e. The van der Waals surface area contributed by atoms with Crippen molar-refractivity contribution in [2.24, 2.45) is 0 Å². The van der Waals surface area contributed by atoms with Crippen LogP contribution in [-0.2, 0) is 15.8 Å². The van der Waals surface area contributed by atoms with Gasteiger partial charge in [0.05, 0.1) is 5.69 Å². The fourth-order valence-corrected chi connectivity index (χ4v) is 4.49. The number of nitrogens with one attached hydrogen (secondary N) is 1. The lowest BCUT2D eigenvalue weighted by atomic mass is 10.1. The number of pyridine rings is 1. The van der Waals surface area contributed by atoms with Gasteiger partial charge in [-0.25, -0.2) is 18.1 Å². The van der Waals surface area contributed by atoms with Crippen LogP contribution in [0.1, 0.15) is 33.4 Å². The van der Waals surface area contributed by atoms with Crippen LogP contribution in [-0.4, -0.2) is 29.1 Å². The van der Waals surface area contributed by atoms with Crippen LogP contribution in [0.5, 0.6) is 0 Å². The standard InChI is InChI=1S/C14H21N3O2S2/c1-5-20-10-11-13(21(18,19)16-14(2,3)4)17-9-7-6-8-12(17)15-11/h6-9,16H,5,10H2,1-4H3. The van der Waals surface area contributed by atoms with E-state index in [2.05, 4.69) is 9.71 Å². The third kappa shape index (κ3) is 3.78. The summed E-state index contributed by atoms with van der Waals surface area (Å²) in [6.45, 7) is 7.53. The van der Waals surface area contributed by atoms with Crippen molar-refractivity contribution >= 4 is 27.4 Å². The molecule has 0 aliphatic carbocycles. The second kappa shape index (κ2) is 5.98. The van der Waals surface area contributed by atoms with Crippen LogP contribution in [0.2, 0.25) is 0 Å². The highest BCUT2D eigenvalue weighted by Crippen LogP contribution is 2.23. The lowest BCUT2D eigenvalue weighted by Gasteiger charge is -2.20. The first kappa shape index (κ1) is 16.3. The Morgan fingerprint density at radius 2 is 2.05 bits per heavy atom. The Morgan fingerprint density at radius 1 is 1.33 bits per heavy atom. The molecule has 0 aromatic carbocycles. The molecule has 0 fully saturated rings. The molecule has 116 valence electrons. The average molecular weight is 327 g/mol. The number of nitrogens with zero attached hydrogens (tertiary/aromatic N) is 2. The number of imidazole rings is 1. The Kier molecular flexibility index (Phi) is 4.65. The van der Waals surface area contributed by atoms with E-state index in [9.17, 15) is 8.42 Å². The van der Waals surface area contributed by atoms with E-state index in [0.29, 0.717) is 17.1 Å². The van der Waals surface area contributed by atoms with Crippen molar-refractivity contribution in [2.75, 3.05) is 5.75 Å². The van der Waals surface area contributed by atoms with Crippen molar-refractivity contribution in [3.05, 3.63) is 30.1 Å². The van der Waals surface area contributed by atoms with Gasteiger partial charge < -0.3 is 0 Å². The van der Waals surface area contributed by atoms with Crippen molar-refractivity contribution in [3.8, 4) is 0 Å². The number of thioether (sulfide) groups is 1. The largest absolute Gasteiger partial charge is 0.289 e. The van der Waals surface area contributed by atoms with E-state index < -0.39 is 15.6 Å². The molecule has 0 unspecified atom stereocenters. The Hall–Kier alpha value is -1.05. The van der Waals surface area contributed by atoms with Gasteiger partial charge >= 0.3 is 0 Å². The Balaban J connectivity index is 2.59. The maximum Gasteiger partial charge on any atom is 0.258 e. The smallest absolute Gasteiger partial charge is 0.258 e. The number of hydrogen-bond donors (Lipinski definition) is 1. The molecule has 0 saturated heterocycles. The monoisotopic (exact) mass is 327 g/mol. The number of rotatable bonds is 5. The summed E-state index contributed by atoms with van der Waals surface area (Å²) in [7, 11) is -3.63. The molecule has 0 amide bonds. The van der Waals surface area contributed by atoms with Crippen molar-refractivity contribution in [2.45, 2.75) is 44.0 Å². The van der Waals surface area contributed by atoms with Crippen LogP contribution in [0.3, 0.4) is 0 Å². The lowest BCUT2D eigenvalue weighted by molar-refractivity contribution is 0.488. The quantitative estimate of drug-likeness (QED) is 0.917. The molecule has 0 radical (unpaired) electrons. The molecular weight excluding hydrogens is 306 g/mol. The molecule has 0 spiro atoms. The second-order valence-electron chi connectivity index (χ2n) is 5.79. The average Bonchev–Trinajstić information content (AvgIpc) is 2.72. The minimum absolute atomic E-state index is 0.244. The van der Waals surface area contributed by atoms with Gasteiger partial charge in [-0.1, -0.05) is 13.0 Å². The molecular formula is C14H21N3O2S2. The summed E-state index contributed by atoms with van der Waals surface area (Å²) in [5.41, 5.74) is 0.718. The van der Waals surface area contributed by atoms with Crippen LogP contribution in [0, 0.1) is 0 Å². The topological polar surface area (TPSA) is 63.5 Å². The molecule has 0 aliphatic heterocycles. The van der Waals surface area contributed by atoms with Crippen molar-refractivity contribution in [3.63, 3.8) is 0 Å². The zero-order valence-electron chi connectivity index (χ0n) is 12.8. The predicted octanol–water partition coefficient (Wildman–Crippen LogP) is 2.66. The zero-order valence-corrected chi connectivity index (χ0v) is 14.4. The van der Waals surface area contributed by atoms with Crippen LogP contribution in [0.15, 0.2) is 29.4 Å². The van der Waals surface area contributed by atoms with Gasteiger partial charge in [-0.3, -0.25) is 4.40 Å². The molecule has 1 N–H and O–H groups in total. The van der Waals surface area contributed by atoms with E-state index in [1.54, 1.807) is 22.4 Å². The maximum absolute atomic E-state index is 12.7. The van der Waals surface area contributed by atoms with Gasteiger partial charge in [-0.15, -0.1) is 0 Å². The van der Waals surface area contributed by atoms with Crippen molar-refractivity contribution < 1.29 is 8.42 Å². The minimum atomic E-state index is -3.63. The number of fused-ring (bicyclic) bond motifs is 1. The van der Waals surface area contributed by atoms with E-state index in [1.165, 1.54) is 0 Å². The Morgan fingerprint density at radius 3 is 2.67 bits per heavy atom. The molecule has 0 atom stereocenters. The highest BCUT2D eigenvalue weighted by Gasteiger charge is 2.28. The van der Waals surface area contributed by atoms with Crippen LogP contribution < -0.4 is 4.72 Å². The SMILES string of the molecule is CCSCc1nc2ccccn2c1S(=O)(=O)NC(C)(C)C. The second-order valence-corrected chi connectivity index (χ2v) is 8.66. The molecule has 2 aromatic heterocycles. The maximum atomic E-state index is 12.7. The zero-order chi connectivity index (χ0) is 15.7. The fraction of sp³-hybridized carbons (Fsp3) is 0.500. The summed E-state index contributed by atoms with van der Waals surface area (Å²) in [6, 6.07) is 5.48. The number of aromatic nitrogens is 2. The number of hydrogen-bond acceptors (Lipinski definition) is 4. The molecule has 2 rings (SSSR count). The summed E-state index contributed by atoms with van der Waals surface area (Å²) >= 11 is 1.66. The molecule has 2 heterocycles. The van der Waals surface area contributed by atoms with Crippen LogP contribution >= 0.6 is 11.8 Å². The van der Waals surface area contributed by atoms with Gasteiger partial charge in [0, 0.05) is 17.5 Å². The van der Waals surface area contributed by atoms with Gasteiger partial charge in [-0.05, 0) is 38.7 Å². The first-order valence-corrected chi connectivity index (χ1v) is 9.46. The third-order valence-corrected chi connectivity index (χ3v) is 5.40. The molecule has 2 aromatic rings. The van der Waals surface area contributed by atoms with Crippen molar-refractivity contribution in [1.82, 2.24) is 14.1 Å². The van der Waals surface area contributed by atoms with E-state index in [-0.39, 0.29) is 5.03 Å². The summed E-state index contributed by atoms with van der Waals surface area (Å²) in [6.07, 6.45) is 1.74. The first-order valence-electron chi connectivity index (χ1n) is 6.82. The molecule has 21 heavy (non-hydrogen) atoms. The molecule has 5 nitrogen and oxygen atoms in total. The van der Waals surface area contributed by atoms with Gasteiger partial charge in [0.2, 0.25) is 0 Å². The third-order valence-electron chi connectivity index (χ3n) is 2.69. The number of sulfonamides is 1. The Labute approximate surface area is 130 Å². The highest BCUT2D eigenvalue weighted by molar-refractivity contribution is 7.98. The highest BCUT2D eigenvalue weighted by atomic mass is 32.2. The predicted molar refractivity (Wildman–Crippen MR) is 87.1 cm³/mol. The van der Waals surface area contributed by atoms with E-state index in [4.69, 9.17) is 0 Å². The van der Waals surface area contributed by atoms with Gasteiger partial charge in [0.15, 0.2) is 5.03 Å². The summed E-state index contributed by atoms with van der Waals surface area (Å²) in [5.74, 6) is 1.50. The molecule has 0 aliphatic rings. The van der Waals surface area contributed by atoms with Crippen LogP contribution in [0.25, 0.3) is 5.65 Å². The summed E-state index contributed by atoms with van der Waals surface area (Å²) < 4.78 is 29.8. The van der Waals surface area contributed by atoms with Gasteiger partial charge in [-0.2, -0.15) is 11.8 Å². The lowest BCUT2D eigenvalue weighted by Crippen LogP contribution is -2.41. The molecule has 7 heteroatoms. The molecule has 0 bridgehead atoms. The Bertz CT molecular complexity index is 730. The van der Waals surface area contributed by atoms with Crippen molar-refractivity contribution in [1.29, 1.82) is 0 Å². The fourth-order valence-electron chi connectivity index (χ4n) is 2.05. The molecule has 0 saturated carbocycles. The van der Waals surface area contributed by atoms with E-state index in [0.717, 1.165) is 5.75 Å². The van der Waals surface area contributed by atoms with Gasteiger partial charge in [0.25, 0.3) is 10.0 Å². The van der Waals surface area contributed by atoms with E-state index in [1.807, 2.05) is 45.9 Å². The first-order chi connectivity index (χ1) is 9.74.